The zero-order chi connectivity index (χ0) is 11.8. The second kappa shape index (κ2) is 3.96. The summed E-state index contributed by atoms with van der Waals surface area (Å²) in [6.07, 6.45) is 3.76. The maximum atomic E-state index is 5.78. The Hall–Kier alpha value is -1.68. The lowest BCUT2D eigenvalue weighted by Gasteiger charge is -2.30. The van der Waals surface area contributed by atoms with Crippen molar-refractivity contribution in [2.75, 3.05) is 0 Å². The summed E-state index contributed by atoms with van der Waals surface area (Å²) in [5.41, 5.74) is 6.64. The van der Waals surface area contributed by atoms with Crippen molar-refractivity contribution in [3.8, 4) is 11.5 Å². The highest BCUT2D eigenvalue weighted by atomic mass is 16.3. The van der Waals surface area contributed by atoms with Crippen LogP contribution in [0, 0.1) is 6.92 Å². The van der Waals surface area contributed by atoms with Crippen molar-refractivity contribution in [1.82, 2.24) is 9.97 Å². The molecule has 88 valence electrons. The van der Waals surface area contributed by atoms with E-state index in [2.05, 4.69) is 9.97 Å². The molecular weight excluding hydrogens is 214 g/mol. The Morgan fingerprint density at radius 1 is 1.29 bits per heavy atom. The fourth-order valence-corrected chi connectivity index (χ4v) is 2.15. The number of furan rings is 1. The lowest BCUT2D eigenvalue weighted by molar-refractivity contribution is 0.338. The molecule has 0 radical (unpaired) electrons. The van der Waals surface area contributed by atoms with Crippen molar-refractivity contribution < 1.29 is 4.42 Å². The summed E-state index contributed by atoms with van der Waals surface area (Å²) < 4.78 is 5.56. The van der Waals surface area contributed by atoms with Crippen LogP contribution in [0.15, 0.2) is 28.8 Å². The van der Waals surface area contributed by atoms with Gasteiger partial charge in [0.15, 0.2) is 5.76 Å². The Morgan fingerprint density at radius 3 is 2.76 bits per heavy atom. The fourth-order valence-electron chi connectivity index (χ4n) is 2.15. The van der Waals surface area contributed by atoms with Crippen molar-refractivity contribution >= 4 is 0 Å². The summed E-state index contributed by atoms with van der Waals surface area (Å²) in [4.78, 5) is 8.87. The Labute approximate surface area is 99.9 Å². The van der Waals surface area contributed by atoms with Crippen LogP contribution in [-0.2, 0) is 0 Å². The second-order valence-corrected chi connectivity index (χ2v) is 4.64. The summed E-state index contributed by atoms with van der Waals surface area (Å²) >= 11 is 0. The van der Waals surface area contributed by atoms with Gasteiger partial charge >= 0.3 is 0 Å². The van der Waals surface area contributed by atoms with Crippen LogP contribution >= 0.6 is 0 Å². The van der Waals surface area contributed by atoms with Gasteiger partial charge < -0.3 is 10.2 Å². The number of aryl methyl sites for hydroxylation is 1. The van der Waals surface area contributed by atoms with Gasteiger partial charge in [-0.25, -0.2) is 9.97 Å². The Morgan fingerprint density at radius 2 is 2.12 bits per heavy atom. The molecule has 2 N–H and O–H groups in total. The van der Waals surface area contributed by atoms with Gasteiger partial charge in [0.2, 0.25) is 0 Å². The predicted octanol–water partition coefficient (Wildman–Crippen LogP) is 2.25. The van der Waals surface area contributed by atoms with E-state index in [4.69, 9.17) is 10.2 Å². The summed E-state index contributed by atoms with van der Waals surface area (Å²) in [6.45, 7) is 1.93. The van der Waals surface area contributed by atoms with Crippen LogP contribution in [0.25, 0.3) is 11.5 Å². The smallest absolute Gasteiger partial charge is 0.152 e. The molecule has 0 unspecified atom stereocenters. The van der Waals surface area contributed by atoms with E-state index in [-0.39, 0.29) is 0 Å². The van der Waals surface area contributed by atoms with Gasteiger partial charge in [0.25, 0.3) is 0 Å². The first kappa shape index (κ1) is 10.5. The van der Waals surface area contributed by atoms with Crippen molar-refractivity contribution in [3.05, 3.63) is 36.0 Å². The van der Waals surface area contributed by atoms with E-state index in [0.717, 1.165) is 35.9 Å². The quantitative estimate of drug-likeness (QED) is 0.857. The van der Waals surface area contributed by atoms with Crippen molar-refractivity contribution in [3.63, 3.8) is 0 Å². The first-order valence-electron chi connectivity index (χ1n) is 5.87. The number of rotatable bonds is 2. The number of nitrogens with two attached hydrogens (primary N) is 1. The van der Waals surface area contributed by atoms with Gasteiger partial charge in [-0.2, -0.15) is 0 Å². The van der Waals surface area contributed by atoms with E-state index in [0.29, 0.717) is 12.0 Å². The Bertz CT molecular complexity index is 529. The topological polar surface area (TPSA) is 64.9 Å². The molecule has 0 atom stereocenters. The first-order valence-corrected chi connectivity index (χ1v) is 5.87. The maximum absolute atomic E-state index is 5.78. The molecule has 0 saturated heterocycles. The first-order chi connectivity index (χ1) is 8.22. The third-order valence-electron chi connectivity index (χ3n) is 3.21. The lowest BCUT2D eigenvalue weighted by atomic mass is 9.80. The molecule has 17 heavy (non-hydrogen) atoms. The van der Waals surface area contributed by atoms with Crippen LogP contribution in [0.3, 0.4) is 0 Å². The van der Waals surface area contributed by atoms with Crippen LogP contribution in [-0.4, -0.2) is 16.0 Å². The molecule has 0 bridgehead atoms. The van der Waals surface area contributed by atoms with E-state index in [1.807, 2.05) is 25.1 Å². The highest BCUT2D eigenvalue weighted by Gasteiger charge is 2.29. The summed E-state index contributed by atoms with van der Waals surface area (Å²) in [5, 5.41) is 0. The van der Waals surface area contributed by atoms with Gasteiger partial charge in [-0.3, -0.25) is 0 Å². The van der Waals surface area contributed by atoms with E-state index < -0.39 is 0 Å². The van der Waals surface area contributed by atoms with Crippen LogP contribution < -0.4 is 5.73 Å². The van der Waals surface area contributed by atoms with Gasteiger partial charge in [-0.15, -0.1) is 0 Å². The van der Waals surface area contributed by atoms with E-state index >= 15 is 0 Å². The zero-order valence-corrected chi connectivity index (χ0v) is 9.76. The van der Waals surface area contributed by atoms with E-state index in [1.165, 1.54) is 0 Å². The maximum Gasteiger partial charge on any atom is 0.152 e. The third kappa shape index (κ3) is 1.96. The predicted molar refractivity (Wildman–Crippen MR) is 64.4 cm³/mol. The highest BCUT2D eigenvalue weighted by molar-refractivity contribution is 5.51. The van der Waals surface area contributed by atoms with Crippen molar-refractivity contribution in [2.24, 2.45) is 5.73 Å². The van der Waals surface area contributed by atoms with E-state index in [1.54, 1.807) is 6.20 Å². The minimum atomic E-state index is 0.318. The summed E-state index contributed by atoms with van der Waals surface area (Å²) in [6, 6.07) is 6.07. The average molecular weight is 229 g/mol. The lowest BCUT2D eigenvalue weighted by Crippen LogP contribution is -2.35. The third-order valence-corrected chi connectivity index (χ3v) is 3.21. The monoisotopic (exact) mass is 229 g/mol. The summed E-state index contributed by atoms with van der Waals surface area (Å²) in [7, 11) is 0. The number of aromatic nitrogens is 2. The molecule has 3 rings (SSSR count). The molecule has 0 amide bonds. The molecule has 4 nitrogen and oxygen atoms in total. The Kier molecular flexibility index (Phi) is 2.44. The molecule has 2 heterocycles. The minimum Gasteiger partial charge on any atom is -0.460 e. The molecule has 1 fully saturated rings. The minimum absolute atomic E-state index is 0.318. The van der Waals surface area contributed by atoms with Crippen LogP contribution in [0.1, 0.15) is 30.3 Å². The van der Waals surface area contributed by atoms with Gasteiger partial charge in [-0.05, 0) is 38.0 Å². The number of hydrogen-bond acceptors (Lipinski definition) is 4. The largest absolute Gasteiger partial charge is 0.460 e. The molecule has 2 aromatic rings. The zero-order valence-electron chi connectivity index (χ0n) is 9.76. The van der Waals surface area contributed by atoms with Gasteiger partial charge in [0.05, 0.1) is 0 Å². The number of nitrogens with zero attached hydrogens (tertiary/aromatic N) is 2. The van der Waals surface area contributed by atoms with E-state index in [9.17, 15) is 0 Å². The molecule has 0 aliphatic heterocycles. The molecule has 1 aliphatic rings. The summed E-state index contributed by atoms with van der Waals surface area (Å²) in [5.74, 6) is 3.00. The van der Waals surface area contributed by atoms with Crippen LogP contribution in [0.4, 0.5) is 0 Å². The molecule has 0 aromatic carbocycles. The SMILES string of the molecule is Cc1ccc(-c2ccnc(C3CC(N)C3)n2)o1. The highest BCUT2D eigenvalue weighted by Crippen LogP contribution is 2.34. The van der Waals surface area contributed by atoms with Crippen LogP contribution in [0.2, 0.25) is 0 Å². The Balaban J connectivity index is 1.89. The average Bonchev–Trinajstić information content (AvgIpc) is 2.72. The molecule has 1 aliphatic carbocycles. The molecule has 4 heteroatoms. The van der Waals surface area contributed by atoms with Gasteiger partial charge in [0.1, 0.15) is 17.3 Å². The standard InChI is InChI=1S/C13H15N3O/c1-8-2-3-12(17-8)11-4-5-15-13(16-11)9-6-10(14)7-9/h2-5,9-10H,6-7,14H2,1H3. The molecule has 1 saturated carbocycles. The molecule has 2 aromatic heterocycles. The fraction of sp³-hybridized carbons (Fsp3) is 0.385. The number of hydrogen-bond donors (Lipinski definition) is 1. The van der Waals surface area contributed by atoms with Crippen molar-refractivity contribution in [2.45, 2.75) is 31.7 Å². The van der Waals surface area contributed by atoms with Crippen LogP contribution in [0.5, 0.6) is 0 Å². The molecule has 0 spiro atoms. The van der Waals surface area contributed by atoms with Gasteiger partial charge in [0, 0.05) is 18.2 Å². The van der Waals surface area contributed by atoms with Crippen molar-refractivity contribution in [1.29, 1.82) is 0 Å². The normalized spacial score (nSPS) is 23.4. The second-order valence-electron chi connectivity index (χ2n) is 4.64. The van der Waals surface area contributed by atoms with Gasteiger partial charge in [-0.1, -0.05) is 0 Å². The molecular formula is C13H15N3O.